The summed E-state index contributed by atoms with van der Waals surface area (Å²) in [6, 6.07) is 5.86. The Morgan fingerprint density at radius 3 is 2.70 bits per heavy atom. The lowest BCUT2D eigenvalue weighted by molar-refractivity contribution is -0.138. The maximum absolute atomic E-state index is 13.0. The number of alkyl halides is 3. The molecule has 1 unspecified atom stereocenters. The number of rotatable bonds is 4. The topological polar surface area (TPSA) is 29.3 Å². The fourth-order valence-electron chi connectivity index (χ4n) is 2.94. The summed E-state index contributed by atoms with van der Waals surface area (Å²) in [6.07, 6.45) is -1.14. The highest BCUT2D eigenvalue weighted by Crippen LogP contribution is 2.33. The molecule has 2 N–H and O–H groups in total. The molecule has 112 valence electrons. The maximum Gasteiger partial charge on any atom is 0.416 e. The molecule has 0 amide bonds. The molecule has 0 aliphatic carbocycles. The van der Waals surface area contributed by atoms with Gasteiger partial charge in [0.2, 0.25) is 0 Å². The third kappa shape index (κ3) is 3.96. The molecule has 1 aliphatic rings. The van der Waals surface area contributed by atoms with Gasteiger partial charge in [-0.25, -0.2) is 0 Å². The van der Waals surface area contributed by atoms with Gasteiger partial charge in [-0.05, 0) is 49.9 Å². The van der Waals surface area contributed by atoms with Crippen LogP contribution in [0.15, 0.2) is 24.3 Å². The summed E-state index contributed by atoms with van der Waals surface area (Å²) >= 11 is 0. The second-order valence-corrected chi connectivity index (χ2v) is 5.48. The van der Waals surface area contributed by atoms with Crippen molar-refractivity contribution in [2.75, 3.05) is 19.6 Å². The quantitative estimate of drug-likeness (QED) is 0.920. The summed E-state index contributed by atoms with van der Waals surface area (Å²) in [7, 11) is 0. The number of nitrogens with two attached hydrogens (primary N) is 1. The molecule has 1 aromatic rings. The van der Waals surface area contributed by atoms with E-state index in [4.69, 9.17) is 5.73 Å². The molecule has 20 heavy (non-hydrogen) atoms. The maximum atomic E-state index is 13.0. The van der Waals surface area contributed by atoms with Crippen LogP contribution in [0.1, 0.15) is 30.4 Å². The number of benzene rings is 1. The van der Waals surface area contributed by atoms with Crippen LogP contribution in [0.25, 0.3) is 0 Å². The zero-order valence-electron chi connectivity index (χ0n) is 11.5. The van der Waals surface area contributed by atoms with Gasteiger partial charge >= 0.3 is 6.18 Å². The van der Waals surface area contributed by atoms with Crippen LogP contribution in [0.3, 0.4) is 0 Å². The lowest BCUT2D eigenvalue weighted by atomic mass is 9.94. The van der Waals surface area contributed by atoms with Gasteiger partial charge in [-0.3, -0.25) is 4.90 Å². The van der Waals surface area contributed by atoms with E-state index in [2.05, 4.69) is 4.90 Å². The van der Waals surface area contributed by atoms with Crippen LogP contribution in [-0.4, -0.2) is 24.5 Å². The molecule has 1 saturated heterocycles. The van der Waals surface area contributed by atoms with E-state index in [1.807, 2.05) is 0 Å². The number of halogens is 3. The third-order valence-electron chi connectivity index (χ3n) is 3.89. The Labute approximate surface area is 117 Å². The summed E-state index contributed by atoms with van der Waals surface area (Å²) in [5.74, 6) is 0.520. The molecule has 1 fully saturated rings. The minimum Gasteiger partial charge on any atom is -0.330 e. The smallest absolute Gasteiger partial charge is 0.330 e. The van der Waals surface area contributed by atoms with Crippen molar-refractivity contribution < 1.29 is 13.2 Å². The molecule has 0 radical (unpaired) electrons. The normalized spacial score (nSPS) is 21.1. The predicted octanol–water partition coefficient (Wildman–Crippen LogP) is 3.27. The van der Waals surface area contributed by atoms with Gasteiger partial charge in [0, 0.05) is 13.1 Å². The van der Waals surface area contributed by atoms with E-state index in [9.17, 15) is 13.2 Å². The highest BCUT2D eigenvalue weighted by atomic mass is 19.4. The Bertz CT molecular complexity index is 429. The summed E-state index contributed by atoms with van der Waals surface area (Å²) in [5, 5.41) is 0. The molecule has 1 aliphatic heterocycles. The van der Waals surface area contributed by atoms with E-state index in [1.165, 1.54) is 6.07 Å². The van der Waals surface area contributed by atoms with Crippen LogP contribution in [0.5, 0.6) is 0 Å². The van der Waals surface area contributed by atoms with E-state index in [0.717, 1.165) is 38.4 Å². The van der Waals surface area contributed by atoms with Crippen LogP contribution in [0.2, 0.25) is 0 Å². The van der Waals surface area contributed by atoms with E-state index < -0.39 is 11.7 Å². The molecule has 0 spiro atoms. The van der Waals surface area contributed by atoms with Crippen molar-refractivity contribution in [3.63, 3.8) is 0 Å². The molecule has 2 rings (SSSR count). The second-order valence-electron chi connectivity index (χ2n) is 5.48. The Balaban J connectivity index is 2.06. The zero-order valence-corrected chi connectivity index (χ0v) is 11.5. The van der Waals surface area contributed by atoms with Gasteiger partial charge in [0.25, 0.3) is 0 Å². The van der Waals surface area contributed by atoms with E-state index in [-0.39, 0.29) is 0 Å². The largest absolute Gasteiger partial charge is 0.416 e. The van der Waals surface area contributed by atoms with Gasteiger partial charge < -0.3 is 5.73 Å². The zero-order chi connectivity index (χ0) is 14.6. The predicted molar refractivity (Wildman–Crippen MR) is 73.1 cm³/mol. The number of likely N-dealkylation sites (tertiary alicyclic amines) is 1. The average molecular weight is 286 g/mol. The van der Waals surface area contributed by atoms with Gasteiger partial charge in [-0.15, -0.1) is 0 Å². The van der Waals surface area contributed by atoms with E-state index in [0.29, 0.717) is 24.6 Å². The summed E-state index contributed by atoms with van der Waals surface area (Å²) in [4.78, 5) is 2.12. The number of hydrogen-bond donors (Lipinski definition) is 1. The lowest BCUT2D eigenvalue weighted by Crippen LogP contribution is -2.36. The second kappa shape index (κ2) is 6.59. The number of hydrogen-bond acceptors (Lipinski definition) is 2. The van der Waals surface area contributed by atoms with Gasteiger partial charge in [0.1, 0.15) is 0 Å². The van der Waals surface area contributed by atoms with Crippen molar-refractivity contribution in [1.82, 2.24) is 4.90 Å². The van der Waals surface area contributed by atoms with Gasteiger partial charge in [0.05, 0.1) is 5.56 Å². The van der Waals surface area contributed by atoms with E-state index in [1.54, 1.807) is 12.1 Å². The number of nitrogens with zero attached hydrogens (tertiary/aromatic N) is 1. The fourth-order valence-corrected chi connectivity index (χ4v) is 2.94. The van der Waals surface area contributed by atoms with Gasteiger partial charge in [0.15, 0.2) is 0 Å². The highest BCUT2D eigenvalue weighted by molar-refractivity contribution is 5.29. The van der Waals surface area contributed by atoms with Gasteiger partial charge in [-0.2, -0.15) is 13.2 Å². The van der Waals surface area contributed by atoms with Crippen molar-refractivity contribution in [3.05, 3.63) is 35.4 Å². The first kappa shape index (κ1) is 15.3. The molecule has 1 atom stereocenters. The molecule has 5 heteroatoms. The molecule has 1 aromatic carbocycles. The Kier molecular flexibility index (Phi) is 5.05. The molecule has 0 bridgehead atoms. The molecule has 1 heterocycles. The Morgan fingerprint density at radius 1 is 1.25 bits per heavy atom. The van der Waals surface area contributed by atoms with Crippen LogP contribution < -0.4 is 5.73 Å². The number of piperidine rings is 1. The van der Waals surface area contributed by atoms with E-state index >= 15 is 0 Å². The van der Waals surface area contributed by atoms with Crippen molar-refractivity contribution >= 4 is 0 Å². The standard InChI is InChI=1S/C15H21F3N2/c16-15(17,18)14-6-2-1-5-13(14)11-20-9-3-4-12(10-20)7-8-19/h1-2,5-6,12H,3-4,7-11,19H2. The fraction of sp³-hybridized carbons (Fsp3) is 0.600. The molecule has 0 saturated carbocycles. The van der Waals surface area contributed by atoms with Crippen LogP contribution in [-0.2, 0) is 12.7 Å². The summed E-state index contributed by atoms with van der Waals surface area (Å²) < 4.78 is 38.9. The highest BCUT2D eigenvalue weighted by Gasteiger charge is 2.33. The molecule has 0 aromatic heterocycles. The summed E-state index contributed by atoms with van der Waals surface area (Å²) in [5.41, 5.74) is 5.43. The van der Waals surface area contributed by atoms with Crippen LogP contribution in [0.4, 0.5) is 13.2 Å². The van der Waals surface area contributed by atoms with Gasteiger partial charge in [-0.1, -0.05) is 18.2 Å². The first-order valence-corrected chi connectivity index (χ1v) is 7.08. The molecular weight excluding hydrogens is 265 g/mol. The van der Waals surface area contributed by atoms with Crippen LogP contribution in [0, 0.1) is 5.92 Å². The molecular formula is C15H21F3N2. The van der Waals surface area contributed by atoms with Crippen molar-refractivity contribution in [1.29, 1.82) is 0 Å². The Morgan fingerprint density at radius 2 is 2.00 bits per heavy atom. The monoisotopic (exact) mass is 286 g/mol. The first-order chi connectivity index (χ1) is 9.50. The SMILES string of the molecule is NCCC1CCCN(Cc2ccccc2C(F)(F)F)C1. The minimum atomic E-state index is -4.27. The van der Waals surface area contributed by atoms with Crippen molar-refractivity contribution in [3.8, 4) is 0 Å². The summed E-state index contributed by atoms with van der Waals surface area (Å²) in [6.45, 7) is 2.74. The average Bonchev–Trinajstić information content (AvgIpc) is 2.39. The first-order valence-electron chi connectivity index (χ1n) is 7.08. The Hall–Kier alpha value is -1.07. The molecule has 2 nitrogen and oxygen atoms in total. The van der Waals surface area contributed by atoms with Crippen molar-refractivity contribution in [2.24, 2.45) is 11.7 Å². The third-order valence-corrected chi connectivity index (χ3v) is 3.89. The van der Waals surface area contributed by atoms with Crippen molar-refractivity contribution in [2.45, 2.75) is 32.0 Å². The lowest BCUT2D eigenvalue weighted by Gasteiger charge is -2.33. The minimum absolute atomic E-state index is 0.369. The van der Waals surface area contributed by atoms with Crippen LogP contribution >= 0.6 is 0 Å².